The number of methoxy groups -OCH3 is 1. The van der Waals surface area contributed by atoms with E-state index in [-0.39, 0.29) is 6.03 Å². The summed E-state index contributed by atoms with van der Waals surface area (Å²) >= 11 is 9.16. The predicted molar refractivity (Wildman–Crippen MR) is 72.7 cm³/mol. The third-order valence-electron chi connectivity index (χ3n) is 2.15. The lowest BCUT2D eigenvalue weighted by atomic mass is 10.3. The number of likely N-dealkylation sites (N-methyl/N-ethyl adjacent to an activating group) is 1. The number of rotatable bonds is 4. The lowest BCUT2D eigenvalue weighted by Gasteiger charge is -2.17. The van der Waals surface area contributed by atoms with Gasteiger partial charge in [-0.2, -0.15) is 0 Å². The molecular weight excluding hydrogens is 307 g/mol. The summed E-state index contributed by atoms with van der Waals surface area (Å²) in [6.45, 7) is 1.05. The van der Waals surface area contributed by atoms with Crippen LogP contribution in [0.25, 0.3) is 0 Å². The van der Waals surface area contributed by atoms with E-state index in [9.17, 15) is 4.79 Å². The fourth-order valence-corrected chi connectivity index (χ4v) is 1.62. The first-order valence-electron chi connectivity index (χ1n) is 5.00. The van der Waals surface area contributed by atoms with Crippen molar-refractivity contribution in [3.05, 3.63) is 27.7 Å². The molecule has 1 rings (SSSR count). The van der Waals surface area contributed by atoms with E-state index in [0.29, 0.717) is 23.9 Å². The van der Waals surface area contributed by atoms with Gasteiger partial charge in [-0.3, -0.25) is 0 Å². The monoisotopic (exact) mass is 320 g/mol. The number of anilines is 1. The van der Waals surface area contributed by atoms with Crippen molar-refractivity contribution in [1.82, 2.24) is 4.90 Å². The molecule has 0 radical (unpaired) electrons. The number of hydrogen-bond donors (Lipinski definition) is 1. The van der Waals surface area contributed by atoms with Crippen LogP contribution >= 0.6 is 27.5 Å². The number of urea groups is 1. The van der Waals surface area contributed by atoms with Crippen LogP contribution in [0.2, 0.25) is 5.02 Å². The van der Waals surface area contributed by atoms with Gasteiger partial charge in [0.05, 0.1) is 11.6 Å². The second-order valence-electron chi connectivity index (χ2n) is 3.47. The number of nitrogens with zero attached hydrogens (tertiary/aromatic N) is 1. The van der Waals surface area contributed by atoms with Crippen LogP contribution in [-0.4, -0.2) is 38.2 Å². The fraction of sp³-hybridized carbons (Fsp3) is 0.364. The van der Waals surface area contributed by atoms with Crippen molar-refractivity contribution in [2.45, 2.75) is 0 Å². The van der Waals surface area contributed by atoms with Gasteiger partial charge in [0.25, 0.3) is 0 Å². The first kappa shape index (κ1) is 14.3. The molecule has 0 heterocycles. The molecule has 0 spiro atoms. The molecule has 4 nitrogen and oxygen atoms in total. The SMILES string of the molecule is COCCN(C)C(=O)Nc1ccc(Cl)c(Br)c1. The molecule has 2 amide bonds. The summed E-state index contributed by atoms with van der Waals surface area (Å²) < 4.78 is 5.65. The van der Waals surface area contributed by atoms with Crippen molar-refractivity contribution < 1.29 is 9.53 Å². The van der Waals surface area contributed by atoms with Crippen molar-refractivity contribution in [1.29, 1.82) is 0 Å². The summed E-state index contributed by atoms with van der Waals surface area (Å²) in [7, 11) is 3.31. The summed E-state index contributed by atoms with van der Waals surface area (Å²) in [6.07, 6.45) is 0. The molecule has 0 aromatic heterocycles. The molecule has 17 heavy (non-hydrogen) atoms. The van der Waals surface area contributed by atoms with Gasteiger partial charge in [0.1, 0.15) is 0 Å². The van der Waals surface area contributed by atoms with Crippen LogP contribution in [0.4, 0.5) is 10.5 Å². The summed E-state index contributed by atoms with van der Waals surface area (Å²) in [5, 5.41) is 3.37. The van der Waals surface area contributed by atoms with Crippen molar-refractivity contribution in [3.63, 3.8) is 0 Å². The van der Waals surface area contributed by atoms with Gasteiger partial charge in [-0.25, -0.2) is 4.79 Å². The number of carbonyl (C=O) groups is 1. The third-order valence-corrected chi connectivity index (χ3v) is 3.36. The molecule has 94 valence electrons. The van der Waals surface area contributed by atoms with Crippen LogP contribution in [0, 0.1) is 0 Å². The van der Waals surface area contributed by atoms with E-state index in [2.05, 4.69) is 21.2 Å². The Morgan fingerprint density at radius 2 is 2.29 bits per heavy atom. The first-order chi connectivity index (χ1) is 8.04. The van der Waals surface area contributed by atoms with Crippen LogP contribution in [-0.2, 0) is 4.74 Å². The van der Waals surface area contributed by atoms with Gasteiger partial charge in [0.15, 0.2) is 0 Å². The number of carbonyl (C=O) groups excluding carboxylic acids is 1. The largest absolute Gasteiger partial charge is 0.383 e. The molecule has 0 saturated carbocycles. The Hall–Kier alpha value is -0.780. The van der Waals surface area contributed by atoms with Crippen molar-refractivity contribution >= 4 is 39.2 Å². The maximum atomic E-state index is 11.7. The Labute approximate surface area is 114 Å². The summed E-state index contributed by atoms with van der Waals surface area (Å²) in [5.41, 5.74) is 0.690. The van der Waals surface area contributed by atoms with Gasteiger partial charge in [-0.15, -0.1) is 0 Å². The van der Waals surface area contributed by atoms with E-state index in [0.717, 1.165) is 4.47 Å². The van der Waals surface area contributed by atoms with Crippen molar-refractivity contribution in [3.8, 4) is 0 Å². The van der Waals surface area contributed by atoms with E-state index >= 15 is 0 Å². The van der Waals surface area contributed by atoms with E-state index < -0.39 is 0 Å². The Kier molecular flexibility index (Phi) is 5.74. The fourth-order valence-electron chi connectivity index (χ4n) is 1.12. The number of benzene rings is 1. The minimum absolute atomic E-state index is 0.184. The Morgan fingerprint density at radius 3 is 2.88 bits per heavy atom. The van der Waals surface area contributed by atoms with Crippen LogP contribution in [0.5, 0.6) is 0 Å². The molecule has 1 N–H and O–H groups in total. The zero-order chi connectivity index (χ0) is 12.8. The predicted octanol–water partition coefficient (Wildman–Crippen LogP) is 3.21. The number of nitrogens with one attached hydrogen (secondary N) is 1. The molecule has 0 atom stereocenters. The number of hydrogen-bond acceptors (Lipinski definition) is 2. The third kappa shape index (κ3) is 4.53. The quantitative estimate of drug-likeness (QED) is 0.925. The molecule has 1 aromatic carbocycles. The summed E-state index contributed by atoms with van der Waals surface area (Å²) in [5.74, 6) is 0. The standard InChI is InChI=1S/C11H14BrClN2O2/c1-15(5-6-17-2)11(16)14-8-3-4-10(13)9(12)7-8/h3-4,7H,5-6H2,1-2H3,(H,14,16). The molecule has 1 aromatic rings. The average Bonchev–Trinajstić information content (AvgIpc) is 2.30. The zero-order valence-electron chi connectivity index (χ0n) is 9.67. The minimum atomic E-state index is -0.184. The molecule has 0 saturated heterocycles. The Bertz CT molecular complexity index is 401. The van der Waals surface area contributed by atoms with E-state index in [1.165, 1.54) is 0 Å². The maximum Gasteiger partial charge on any atom is 0.321 e. The summed E-state index contributed by atoms with van der Waals surface area (Å²) in [4.78, 5) is 13.3. The van der Waals surface area contributed by atoms with Crippen molar-refractivity contribution in [2.75, 3.05) is 32.6 Å². The van der Waals surface area contributed by atoms with Crippen LogP contribution < -0.4 is 5.32 Å². The van der Waals surface area contributed by atoms with Gasteiger partial charge in [-0.1, -0.05) is 11.6 Å². The maximum absolute atomic E-state index is 11.7. The van der Waals surface area contributed by atoms with Crippen molar-refractivity contribution in [2.24, 2.45) is 0 Å². The lowest BCUT2D eigenvalue weighted by molar-refractivity contribution is 0.165. The molecule has 0 unspecified atom stereocenters. The summed E-state index contributed by atoms with van der Waals surface area (Å²) in [6, 6.07) is 5.03. The molecule has 0 aliphatic heterocycles. The van der Waals surface area contributed by atoms with Gasteiger partial charge in [0, 0.05) is 30.9 Å². The first-order valence-corrected chi connectivity index (χ1v) is 6.18. The van der Waals surface area contributed by atoms with E-state index in [1.54, 1.807) is 37.3 Å². The molecule has 6 heteroatoms. The molecule has 0 bridgehead atoms. The lowest BCUT2D eigenvalue weighted by Crippen LogP contribution is -2.33. The highest BCUT2D eigenvalue weighted by Crippen LogP contribution is 2.25. The van der Waals surface area contributed by atoms with Gasteiger partial charge < -0.3 is 15.0 Å². The number of halogens is 2. The number of amides is 2. The Morgan fingerprint density at radius 1 is 1.59 bits per heavy atom. The molecular formula is C11H14BrClN2O2. The zero-order valence-corrected chi connectivity index (χ0v) is 12.0. The highest BCUT2D eigenvalue weighted by molar-refractivity contribution is 9.10. The highest BCUT2D eigenvalue weighted by Gasteiger charge is 2.08. The molecule has 0 aliphatic rings. The van der Waals surface area contributed by atoms with E-state index in [1.807, 2.05) is 0 Å². The average molecular weight is 322 g/mol. The number of ether oxygens (including phenoxy) is 1. The van der Waals surface area contributed by atoms with Gasteiger partial charge >= 0.3 is 6.03 Å². The minimum Gasteiger partial charge on any atom is -0.383 e. The van der Waals surface area contributed by atoms with Gasteiger partial charge in [0.2, 0.25) is 0 Å². The molecule has 0 fully saturated rings. The highest BCUT2D eigenvalue weighted by atomic mass is 79.9. The molecule has 0 aliphatic carbocycles. The smallest absolute Gasteiger partial charge is 0.321 e. The van der Waals surface area contributed by atoms with Crippen LogP contribution in [0.1, 0.15) is 0 Å². The second-order valence-corrected chi connectivity index (χ2v) is 4.73. The van der Waals surface area contributed by atoms with Crippen LogP contribution in [0.15, 0.2) is 22.7 Å². The normalized spacial score (nSPS) is 10.1. The van der Waals surface area contributed by atoms with Crippen LogP contribution in [0.3, 0.4) is 0 Å². The van der Waals surface area contributed by atoms with Gasteiger partial charge in [-0.05, 0) is 34.1 Å². The second kappa shape index (κ2) is 6.83. The van der Waals surface area contributed by atoms with E-state index in [4.69, 9.17) is 16.3 Å². The topological polar surface area (TPSA) is 41.6 Å². The Balaban J connectivity index is 2.58.